The first-order valence-corrected chi connectivity index (χ1v) is 14.8. The number of cyclic esters (lactones) is 1. The van der Waals surface area contributed by atoms with E-state index in [0.717, 1.165) is 41.3 Å². The number of halogens is 1. The molecule has 3 atom stereocenters. The van der Waals surface area contributed by atoms with Crippen molar-refractivity contribution in [2.24, 2.45) is 5.92 Å². The summed E-state index contributed by atoms with van der Waals surface area (Å²) in [5.74, 6) is -0.973. The molecule has 1 aliphatic rings. The average Bonchev–Trinajstić information content (AvgIpc) is 3.52. The van der Waals surface area contributed by atoms with Gasteiger partial charge in [-0.2, -0.15) is 0 Å². The Kier molecular flexibility index (Phi) is 11.2. The van der Waals surface area contributed by atoms with Crippen LogP contribution in [0.3, 0.4) is 0 Å². The van der Waals surface area contributed by atoms with E-state index in [1.54, 1.807) is 6.07 Å². The second kappa shape index (κ2) is 15.0. The predicted octanol–water partition coefficient (Wildman–Crippen LogP) is 6.19. The number of aliphatic hydroxyl groups is 1. The molecule has 1 aromatic heterocycles. The lowest BCUT2D eigenvalue weighted by Gasteiger charge is -2.29. The number of amides is 2. The zero-order valence-electron chi connectivity index (χ0n) is 23.2. The van der Waals surface area contributed by atoms with E-state index in [1.807, 2.05) is 60.7 Å². The quantitative estimate of drug-likeness (QED) is 0.168. The van der Waals surface area contributed by atoms with Crippen molar-refractivity contribution in [1.29, 1.82) is 0 Å². The van der Waals surface area contributed by atoms with Gasteiger partial charge in [-0.05, 0) is 58.8 Å². The lowest BCUT2D eigenvalue weighted by atomic mass is 9.90. The average molecular weight is 627 g/mol. The Morgan fingerprint density at radius 3 is 2.34 bits per heavy atom. The van der Waals surface area contributed by atoms with Gasteiger partial charge in [0.25, 0.3) is 0 Å². The van der Waals surface area contributed by atoms with Gasteiger partial charge in [-0.1, -0.05) is 73.5 Å². The SMILES string of the molecule is CC(=O)O[C@@H](c1cc(Br)c(CCCCCCO)o1)[C@H](Cc1ccccc1)C(=O)N1C(=O)OC[C@H]1Cc1ccccc1. The Morgan fingerprint density at radius 2 is 1.68 bits per heavy atom. The molecule has 0 spiro atoms. The molecule has 8 nitrogen and oxygen atoms in total. The number of ether oxygens (including phenoxy) is 2. The van der Waals surface area contributed by atoms with Crippen LogP contribution < -0.4 is 0 Å². The van der Waals surface area contributed by atoms with E-state index in [9.17, 15) is 14.4 Å². The second-order valence-corrected chi connectivity index (χ2v) is 11.1. The smallest absolute Gasteiger partial charge is 0.416 e. The molecule has 0 aliphatic carbocycles. The molecule has 2 aromatic carbocycles. The number of furan rings is 1. The summed E-state index contributed by atoms with van der Waals surface area (Å²) >= 11 is 3.57. The van der Waals surface area contributed by atoms with E-state index >= 15 is 0 Å². The fourth-order valence-corrected chi connectivity index (χ4v) is 5.65. The standard InChI is InChI=1S/C32H36BrNO7/c1-22(36)40-30(29-20-27(33)28(41-29)16-10-2-3-11-17-35)26(19-24-14-8-5-9-15-24)31(37)34-25(21-39-32(34)38)18-23-12-6-4-7-13-23/h4-9,12-15,20,25-26,30,35H,2-3,10-11,16-19,21H2,1H3/t25-,26+,30-/m1/s1. The fourth-order valence-electron chi connectivity index (χ4n) is 5.14. The summed E-state index contributed by atoms with van der Waals surface area (Å²) in [7, 11) is 0. The summed E-state index contributed by atoms with van der Waals surface area (Å²) in [4.78, 5) is 40.7. The minimum Gasteiger partial charge on any atom is -0.461 e. The normalized spacial score (nSPS) is 16.3. The number of hydrogen-bond donors (Lipinski definition) is 1. The van der Waals surface area contributed by atoms with Crippen molar-refractivity contribution in [3.05, 3.63) is 93.9 Å². The van der Waals surface area contributed by atoms with Gasteiger partial charge in [-0.25, -0.2) is 9.69 Å². The molecule has 3 aromatic rings. The number of carbonyl (C=O) groups is 3. The minimum absolute atomic E-state index is 0.0858. The van der Waals surface area contributed by atoms with E-state index in [-0.39, 0.29) is 19.6 Å². The summed E-state index contributed by atoms with van der Waals surface area (Å²) in [6, 6.07) is 20.3. The topological polar surface area (TPSA) is 106 Å². The third kappa shape index (κ3) is 8.30. The van der Waals surface area contributed by atoms with E-state index in [2.05, 4.69) is 15.9 Å². The van der Waals surface area contributed by atoms with Gasteiger partial charge in [-0.3, -0.25) is 9.59 Å². The molecule has 0 unspecified atom stereocenters. The van der Waals surface area contributed by atoms with Crippen LogP contribution in [0.4, 0.5) is 4.79 Å². The Hall–Kier alpha value is -3.43. The number of carbonyl (C=O) groups excluding carboxylic acids is 3. The number of benzene rings is 2. The Bertz CT molecular complexity index is 1290. The maximum atomic E-state index is 14.3. The molecule has 218 valence electrons. The third-order valence-corrected chi connectivity index (χ3v) is 7.83. The number of hydrogen-bond acceptors (Lipinski definition) is 7. The van der Waals surface area contributed by atoms with Crippen molar-refractivity contribution in [2.45, 2.75) is 64.0 Å². The maximum absolute atomic E-state index is 14.3. The maximum Gasteiger partial charge on any atom is 0.416 e. The van der Waals surface area contributed by atoms with Crippen molar-refractivity contribution >= 4 is 33.9 Å². The summed E-state index contributed by atoms with van der Waals surface area (Å²) in [5.41, 5.74) is 1.83. The lowest BCUT2D eigenvalue weighted by molar-refractivity contribution is -0.155. The van der Waals surface area contributed by atoms with Gasteiger partial charge in [-0.15, -0.1) is 0 Å². The number of nitrogens with zero attached hydrogens (tertiary/aromatic N) is 1. The largest absolute Gasteiger partial charge is 0.461 e. The van der Waals surface area contributed by atoms with Gasteiger partial charge in [0, 0.05) is 20.0 Å². The van der Waals surface area contributed by atoms with Gasteiger partial charge < -0.3 is 19.0 Å². The lowest BCUT2D eigenvalue weighted by Crippen LogP contribution is -2.46. The van der Waals surface area contributed by atoms with E-state index in [1.165, 1.54) is 11.8 Å². The highest BCUT2D eigenvalue weighted by molar-refractivity contribution is 9.10. The first-order valence-electron chi connectivity index (χ1n) is 14.0. The molecule has 0 radical (unpaired) electrons. The van der Waals surface area contributed by atoms with Gasteiger partial charge in [0.05, 0.1) is 16.4 Å². The Labute approximate surface area is 248 Å². The molecular weight excluding hydrogens is 590 g/mol. The van der Waals surface area contributed by atoms with Crippen LogP contribution in [0.1, 0.15) is 61.4 Å². The number of rotatable bonds is 14. The van der Waals surface area contributed by atoms with Crippen molar-refractivity contribution in [3.63, 3.8) is 0 Å². The highest BCUT2D eigenvalue weighted by atomic mass is 79.9. The van der Waals surface area contributed by atoms with Crippen molar-refractivity contribution < 1.29 is 33.4 Å². The fraction of sp³-hybridized carbons (Fsp3) is 0.406. The zero-order valence-corrected chi connectivity index (χ0v) is 24.8. The monoisotopic (exact) mass is 625 g/mol. The minimum atomic E-state index is -1.06. The zero-order chi connectivity index (χ0) is 29.2. The first kappa shape index (κ1) is 30.5. The Morgan fingerprint density at radius 1 is 1.02 bits per heavy atom. The summed E-state index contributed by atoms with van der Waals surface area (Å²) in [5, 5.41) is 9.02. The van der Waals surface area contributed by atoms with Crippen LogP contribution >= 0.6 is 15.9 Å². The molecule has 2 heterocycles. The summed E-state index contributed by atoms with van der Waals surface area (Å²) in [6.45, 7) is 1.55. The highest BCUT2D eigenvalue weighted by Gasteiger charge is 2.45. The van der Waals surface area contributed by atoms with Crippen molar-refractivity contribution in [2.75, 3.05) is 13.2 Å². The van der Waals surface area contributed by atoms with Crippen LogP contribution in [-0.2, 0) is 38.3 Å². The molecule has 4 rings (SSSR count). The van der Waals surface area contributed by atoms with Gasteiger partial charge >= 0.3 is 12.1 Å². The second-order valence-electron chi connectivity index (χ2n) is 10.3. The van der Waals surface area contributed by atoms with Crippen LogP contribution in [0, 0.1) is 5.92 Å². The molecule has 9 heteroatoms. The number of imide groups is 1. The van der Waals surface area contributed by atoms with E-state index in [0.29, 0.717) is 24.4 Å². The highest BCUT2D eigenvalue weighted by Crippen LogP contribution is 2.37. The molecular formula is C32H36BrNO7. The van der Waals surface area contributed by atoms with Gasteiger partial charge in [0.1, 0.15) is 18.1 Å². The number of aliphatic hydroxyl groups excluding tert-OH is 1. The molecule has 41 heavy (non-hydrogen) atoms. The van der Waals surface area contributed by atoms with Gasteiger partial charge in [0.15, 0.2) is 6.10 Å². The third-order valence-electron chi connectivity index (χ3n) is 7.16. The molecule has 1 saturated heterocycles. The van der Waals surface area contributed by atoms with Crippen LogP contribution in [0.2, 0.25) is 0 Å². The van der Waals surface area contributed by atoms with E-state index in [4.69, 9.17) is 19.0 Å². The molecule has 0 bridgehead atoms. The summed E-state index contributed by atoms with van der Waals surface area (Å²) in [6.07, 6.45) is 3.00. The van der Waals surface area contributed by atoms with E-state index < -0.39 is 36.0 Å². The van der Waals surface area contributed by atoms with Crippen LogP contribution in [0.15, 0.2) is 75.6 Å². The number of unbranched alkanes of at least 4 members (excludes halogenated alkanes) is 3. The molecule has 1 aliphatic heterocycles. The molecule has 1 fully saturated rings. The first-order chi connectivity index (χ1) is 19.9. The van der Waals surface area contributed by atoms with Crippen LogP contribution in [-0.4, -0.2) is 47.2 Å². The molecule has 0 saturated carbocycles. The molecule has 1 N–H and O–H groups in total. The molecule has 2 amide bonds. The van der Waals surface area contributed by atoms with Crippen LogP contribution in [0.25, 0.3) is 0 Å². The summed E-state index contributed by atoms with van der Waals surface area (Å²) < 4.78 is 18.1. The van der Waals surface area contributed by atoms with Crippen molar-refractivity contribution in [3.8, 4) is 0 Å². The van der Waals surface area contributed by atoms with Crippen LogP contribution in [0.5, 0.6) is 0 Å². The number of esters is 1. The Balaban J connectivity index is 1.65. The number of aryl methyl sites for hydroxylation is 1. The van der Waals surface area contributed by atoms with Crippen molar-refractivity contribution in [1.82, 2.24) is 4.90 Å². The predicted molar refractivity (Wildman–Crippen MR) is 156 cm³/mol. The van der Waals surface area contributed by atoms with Gasteiger partial charge in [0.2, 0.25) is 5.91 Å².